The quantitative estimate of drug-likeness (QED) is 0.908. The van der Waals surface area contributed by atoms with Gasteiger partial charge in [-0.2, -0.15) is 4.98 Å². The SMILES string of the molecule is COc1ccc(Cc2noc([C@@H]3CCNC3)n2)cc1OC.Cl. The topological polar surface area (TPSA) is 69.4 Å². The van der Waals surface area contributed by atoms with E-state index in [0.717, 1.165) is 31.0 Å². The van der Waals surface area contributed by atoms with Crippen LogP contribution in [-0.2, 0) is 6.42 Å². The molecule has 1 aromatic heterocycles. The molecule has 3 rings (SSSR count). The Hall–Kier alpha value is -1.79. The molecule has 2 aromatic rings. The van der Waals surface area contributed by atoms with Crippen molar-refractivity contribution in [3.05, 3.63) is 35.5 Å². The van der Waals surface area contributed by atoms with Crippen LogP contribution in [0, 0.1) is 0 Å². The summed E-state index contributed by atoms with van der Waals surface area (Å²) < 4.78 is 15.9. The van der Waals surface area contributed by atoms with Crippen LogP contribution in [-0.4, -0.2) is 37.4 Å². The number of halogens is 1. The molecule has 120 valence electrons. The molecule has 22 heavy (non-hydrogen) atoms. The fourth-order valence-corrected chi connectivity index (χ4v) is 2.54. The summed E-state index contributed by atoms with van der Waals surface area (Å²) in [6.07, 6.45) is 1.67. The maximum atomic E-state index is 5.37. The van der Waals surface area contributed by atoms with Crippen LogP contribution in [0.15, 0.2) is 22.7 Å². The minimum Gasteiger partial charge on any atom is -0.493 e. The predicted octanol–water partition coefficient (Wildman–Crippen LogP) is 2.18. The van der Waals surface area contributed by atoms with Crippen LogP contribution in [0.25, 0.3) is 0 Å². The highest BCUT2D eigenvalue weighted by Crippen LogP contribution is 2.28. The zero-order chi connectivity index (χ0) is 14.7. The van der Waals surface area contributed by atoms with Crippen molar-refractivity contribution in [2.24, 2.45) is 0 Å². The highest BCUT2D eigenvalue weighted by molar-refractivity contribution is 5.85. The summed E-state index contributed by atoms with van der Waals surface area (Å²) in [5, 5.41) is 7.37. The normalized spacial score (nSPS) is 17.1. The molecule has 0 unspecified atom stereocenters. The maximum Gasteiger partial charge on any atom is 0.231 e. The first-order chi connectivity index (χ1) is 10.3. The molecule has 1 N–H and O–H groups in total. The summed E-state index contributed by atoms with van der Waals surface area (Å²) in [5.41, 5.74) is 1.06. The minimum atomic E-state index is 0. The van der Waals surface area contributed by atoms with Gasteiger partial charge >= 0.3 is 0 Å². The van der Waals surface area contributed by atoms with Crippen molar-refractivity contribution in [1.29, 1.82) is 0 Å². The number of ether oxygens (including phenoxy) is 2. The third kappa shape index (κ3) is 3.51. The Kier molecular flexibility index (Phi) is 5.63. The Morgan fingerprint density at radius 3 is 2.77 bits per heavy atom. The predicted molar refractivity (Wildman–Crippen MR) is 84.1 cm³/mol. The van der Waals surface area contributed by atoms with Crippen LogP contribution in [0.3, 0.4) is 0 Å². The summed E-state index contributed by atoms with van der Waals surface area (Å²) in [4.78, 5) is 4.50. The van der Waals surface area contributed by atoms with Crippen molar-refractivity contribution >= 4 is 12.4 Å². The van der Waals surface area contributed by atoms with Gasteiger partial charge in [-0.25, -0.2) is 0 Å². The number of benzene rings is 1. The van der Waals surface area contributed by atoms with Gasteiger partial charge in [0.2, 0.25) is 5.89 Å². The molecule has 7 heteroatoms. The first kappa shape index (κ1) is 16.6. The molecule has 1 saturated heterocycles. The molecule has 0 spiro atoms. The van der Waals surface area contributed by atoms with E-state index in [0.29, 0.717) is 29.7 Å². The molecule has 0 saturated carbocycles. The summed E-state index contributed by atoms with van der Waals surface area (Å²) >= 11 is 0. The Bertz CT molecular complexity index is 612. The number of rotatable bonds is 5. The summed E-state index contributed by atoms with van der Waals surface area (Å²) in [5.74, 6) is 3.20. The van der Waals surface area contributed by atoms with Crippen molar-refractivity contribution < 1.29 is 14.0 Å². The van der Waals surface area contributed by atoms with Crippen molar-refractivity contribution in [1.82, 2.24) is 15.5 Å². The van der Waals surface area contributed by atoms with Gasteiger partial charge in [0, 0.05) is 13.0 Å². The molecule has 1 aliphatic rings. The standard InChI is InChI=1S/C15H19N3O3.ClH/c1-19-12-4-3-10(7-13(12)20-2)8-14-17-15(21-18-14)11-5-6-16-9-11;/h3-4,7,11,16H,5-6,8-9H2,1-2H3;1H/t11-;/m1./s1. The van der Waals surface area contributed by atoms with Crippen molar-refractivity contribution in [2.75, 3.05) is 27.3 Å². The second kappa shape index (κ2) is 7.47. The Balaban J connectivity index is 0.00000176. The van der Waals surface area contributed by atoms with E-state index in [4.69, 9.17) is 14.0 Å². The zero-order valence-corrected chi connectivity index (χ0v) is 13.5. The lowest BCUT2D eigenvalue weighted by Crippen LogP contribution is -2.08. The first-order valence-corrected chi connectivity index (χ1v) is 7.04. The van der Waals surface area contributed by atoms with Crippen molar-refractivity contribution in [3.8, 4) is 11.5 Å². The van der Waals surface area contributed by atoms with Gasteiger partial charge in [0.25, 0.3) is 0 Å². The van der Waals surface area contributed by atoms with E-state index < -0.39 is 0 Å². The van der Waals surface area contributed by atoms with E-state index in [1.54, 1.807) is 14.2 Å². The first-order valence-electron chi connectivity index (χ1n) is 7.04. The highest BCUT2D eigenvalue weighted by atomic mass is 35.5. The fraction of sp³-hybridized carbons (Fsp3) is 0.467. The van der Waals surface area contributed by atoms with E-state index in [9.17, 15) is 0 Å². The summed E-state index contributed by atoms with van der Waals surface area (Å²) in [7, 11) is 3.25. The summed E-state index contributed by atoms with van der Waals surface area (Å²) in [6, 6.07) is 5.80. The number of nitrogens with one attached hydrogen (secondary N) is 1. The van der Waals surface area contributed by atoms with Crippen LogP contribution >= 0.6 is 12.4 Å². The van der Waals surface area contributed by atoms with Gasteiger partial charge in [0.15, 0.2) is 17.3 Å². The largest absolute Gasteiger partial charge is 0.493 e. The lowest BCUT2D eigenvalue weighted by molar-refractivity contribution is 0.353. The second-order valence-electron chi connectivity index (χ2n) is 5.10. The average molecular weight is 326 g/mol. The molecule has 0 radical (unpaired) electrons. The van der Waals surface area contributed by atoms with E-state index in [1.807, 2.05) is 18.2 Å². The van der Waals surface area contributed by atoms with Crippen molar-refractivity contribution in [3.63, 3.8) is 0 Å². The lowest BCUT2D eigenvalue weighted by Gasteiger charge is -2.08. The zero-order valence-electron chi connectivity index (χ0n) is 12.7. The van der Waals surface area contributed by atoms with Gasteiger partial charge in [-0.1, -0.05) is 11.2 Å². The Labute approximate surface area is 135 Å². The highest BCUT2D eigenvalue weighted by Gasteiger charge is 2.22. The van der Waals surface area contributed by atoms with Crippen molar-refractivity contribution in [2.45, 2.75) is 18.8 Å². The molecule has 1 fully saturated rings. The van der Waals surface area contributed by atoms with Crippen LogP contribution in [0.5, 0.6) is 11.5 Å². The average Bonchev–Trinajstić information content (AvgIpc) is 3.17. The van der Waals surface area contributed by atoms with Gasteiger partial charge < -0.3 is 19.3 Å². The van der Waals surface area contributed by atoms with Gasteiger partial charge in [0.05, 0.1) is 20.1 Å². The van der Waals surface area contributed by atoms with Gasteiger partial charge in [-0.15, -0.1) is 12.4 Å². The molecular weight excluding hydrogens is 306 g/mol. The maximum absolute atomic E-state index is 5.37. The molecule has 6 nitrogen and oxygen atoms in total. The second-order valence-corrected chi connectivity index (χ2v) is 5.10. The number of hydrogen-bond acceptors (Lipinski definition) is 6. The van der Waals surface area contributed by atoms with E-state index in [-0.39, 0.29) is 12.4 Å². The minimum absolute atomic E-state index is 0. The molecule has 1 atom stereocenters. The monoisotopic (exact) mass is 325 g/mol. The molecule has 2 heterocycles. The fourth-order valence-electron chi connectivity index (χ4n) is 2.54. The van der Waals surface area contributed by atoms with Gasteiger partial charge in [-0.3, -0.25) is 0 Å². The lowest BCUT2D eigenvalue weighted by atomic mass is 10.1. The molecule has 0 amide bonds. The third-order valence-corrected chi connectivity index (χ3v) is 3.70. The molecule has 1 aliphatic heterocycles. The molecule has 0 aliphatic carbocycles. The smallest absolute Gasteiger partial charge is 0.231 e. The van der Waals surface area contributed by atoms with Crippen LogP contribution in [0.2, 0.25) is 0 Å². The molecule has 1 aromatic carbocycles. The molecular formula is C15H20ClN3O3. The van der Waals surface area contributed by atoms with Gasteiger partial charge in [0.1, 0.15) is 0 Å². The van der Waals surface area contributed by atoms with Crippen LogP contribution < -0.4 is 14.8 Å². The third-order valence-electron chi connectivity index (χ3n) is 3.70. The number of hydrogen-bond donors (Lipinski definition) is 1. The van der Waals surface area contributed by atoms with Crippen LogP contribution in [0.4, 0.5) is 0 Å². The van der Waals surface area contributed by atoms with E-state index in [2.05, 4.69) is 15.5 Å². The number of aromatic nitrogens is 2. The summed E-state index contributed by atoms with van der Waals surface area (Å²) in [6.45, 7) is 1.93. The van der Waals surface area contributed by atoms with Crippen LogP contribution in [0.1, 0.15) is 29.6 Å². The Morgan fingerprint density at radius 2 is 2.09 bits per heavy atom. The number of nitrogens with zero attached hydrogens (tertiary/aromatic N) is 2. The Morgan fingerprint density at radius 1 is 1.27 bits per heavy atom. The van der Waals surface area contributed by atoms with Gasteiger partial charge in [-0.05, 0) is 30.7 Å². The number of methoxy groups -OCH3 is 2. The molecule has 0 bridgehead atoms. The van der Waals surface area contributed by atoms with E-state index >= 15 is 0 Å². The van der Waals surface area contributed by atoms with E-state index in [1.165, 1.54) is 0 Å².